The van der Waals surface area contributed by atoms with Gasteiger partial charge in [0.25, 0.3) is 0 Å². The topological polar surface area (TPSA) is 64.9 Å². The van der Waals surface area contributed by atoms with Crippen LogP contribution in [0.3, 0.4) is 0 Å². The second-order valence-electron chi connectivity index (χ2n) is 2.37. The van der Waals surface area contributed by atoms with Crippen LogP contribution in [0, 0.1) is 0 Å². The maximum absolute atomic E-state index is 5.70. The fourth-order valence-corrected chi connectivity index (χ4v) is 1.01. The smallest absolute Gasteiger partial charge is 0.189 e. The van der Waals surface area contributed by atoms with Crippen LogP contribution < -0.4 is 5.73 Å². The van der Waals surface area contributed by atoms with Gasteiger partial charge >= 0.3 is 0 Å². The Balaban J connectivity index is 2.55. The molecule has 0 radical (unpaired) electrons. The van der Waals surface area contributed by atoms with Gasteiger partial charge in [0.2, 0.25) is 0 Å². The van der Waals surface area contributed by atoms with Crippen molar-refractivity contribution in [2.24, 2.45) is 0 Å². The van der Waals surface area contributed by atoms with Crippen molar-refractivity contribution < 1.29 is 4.52 Å². The van der Waals surface area contributed by atoms with Crippen LogP contribution in [0.5, 0.6) is 0 Å². The molecular formula is C8H7N3O. The van der Waals surface area contributed by atoms with Gasteiger partial charge in [-0.05, 0) is 12.1 Å². The Morgan fingerprint density at radius 3 is 2.75 bits per heavy atom. The molecule has 2 rings (SSSR count). The zero-order valence-electron chi connectivity index (χ0n) is 6.27. The first kappa shape index (κ1) is 6.84. The van der Waals surface area contributed by atoms with E-state index in [9.17, 15) is 0 Å². The number of rotatable bonds is 1. The number of anilines is 1. The molecule has 0 fully saturated rings. The molecule has 0 amide bonds. The van der Waals surface area contributed by atoms with E-state index in [1.807, 2.05) is 18.2 Å². The average molecular weight is 161 g/mol. The number of nitrogen functional groups attached to an aromatic ring is 1. The summed E-state index contributed by atoms with van der Waals surface area (Å²) in [4.78, 5) is 0. The van der Waals surface area contributed by atoms with Crippen LogP contribution in [-0.2, 0) is 0 Å². The summed E-state index contributed by atoms with van der Waals surface area (Å²) in [6, 6.07) is 7.41. The van der Waals surface area contributed by atoms with Crippen molar-refractivity contribution in [2.45, 2.75) is 0 Å². The fourth-order valence-electron chi connectivity index (χ4n) is 1.01. The van der Waals surface area contributed by atoms with Crippen LogP contribution in [0.1, 0.15) is 0 Å². The van der Waals surface area contributed by atoms with Crippen LogP contribution in [0.15, 0.2) is 35.0 Å². The molecule has 2 N–H and O–H groups in total. The third-order valence-electron chi connectivity index (χ3n) is 1.59. The summed E-state index contributed by atoms with van der Waals surface area (Å²) < 4.78 is 4.86. The molecule has 0 spiro atoms. The Bertz CT molecular complexity index is 370. The van der Waals surface area contributed by atoms with Crippen molar-refractivity contribution in [2.75, 3.05) is 5.73 Å². The van der Waals surface area contributed by atoms with Crippen molar-refractivity contribution in [3.63, 3.8) is 0 Å². The lowest BCUT2D eigenvalue weighted by Crippen LogP contribution is -1.87. The standard InChI is InChI=1S/C8H7N3O/c9-7-4-2-1-3-6(7)8-5-10-11-12-8/h1-5H,9H2. The number of aromatic nitrogens is 2. The molecule has 0 saturated heterocycles. The average Bonchev–Trinajstić information content (AvgIpc) is 2.57. The summed E-state index contributed by atoms with van der Waals surface area (Å²) in [6.07, 6.45) is 1.53. The van der Waals surface area contributed by atoms with E-state index in [1.54, 1.807) is 6.07 Å². The van der Waals surface area contributed by atoms with Gasteiger partial charge in [0.15, 0.2) is 5.76 Å². The minimum Gasteiger partial charge on any atom is -0.398 e. The fraction of sp³-hybridized carbons (Fsp3) is 0. The maximum atomic E-state index is 5.70. The van der Waals surface area contributed by atoms with Crippen LogP contribution >= 0.6 is 0 Å². The summed E-state index contributed by atoms with van der Waals surface area (Å²) in [5.74, 6) is 0.591. The lowest BCUT2D eigenvalue weighted by Gasteiger charge is -1.97. The highest BCUT2D eigenvalue weighted by Gasteiger charge is 2.04. The van der Waals surface area contributed by atoms with Gasteiger partial charge in [0, 0.05) is 16.5 Å². The van der Waals surface area contributed by atoms with E-state index in [0.717, 1.165) is 5.56 Å². The number of hydrogen-bond donors (Lipinski definition) is 1. The largest absolute Gasteiger partial charge is 0.398 e. The molecule has 60 valence electrons. The van der Waals surface area contributed by atoms with Crippen LogP contribution in [-0.4, -0.2) is 10.4 Å². The van der Waals surface area contributed by atoms with Gasteiger partial charge in [-0.3, -0.25) is 0 Å². The van der Waals surface area contributed by atoms with Gasteiger partial charge in [0.05, 0.1) is 6.20 Å². The molecule has 0 aliphatic carbocycles. The lowest BCUT2D eigenvalue weighted by atomic mass is 10.1. The van der Waals surface area contributed by atoms with Gasteiger partial charge in [-0.25, -0.2) is 0 Å². The van der Waals surface area contributed by atoms with Crippen LogP contribution in [0.2, 0.25) is 0 Å². The number of benzene rings is 1. The first-order valence-corrected chi connectivity index (χ1v) is 3.50. The van der Waals surface area contributed by atoms with Gasteiger partial charge in [-0.2, -0.15) is 0 Å². The summed E-state index contributed by atoms with van der Waals surface area (Å²) in [5, 5.41) is 6.93. The molecule has 0 bridgehead atoms. The molecular weight excluding hydrogens is 154 g/mol. The second kappa shape index (κ2) is 2.65. The van der Waals surface area contributed by atoms with Crippen LogP contribution in [0.25, 0.3) is 11.3 Å². The first-order valence-electron chi connectivity index (χ1n) is 3.50. The Labute approximate surface area is 69.0 Å². The van der Waals surface area contributed by atoms with Crippen LogP contribution in [0.4, 0.5) is 5.69 Å². The molecule has 0 unspecified atom stereocenters. The van der Waals surface area contributed by atoms with Gasteiger partial charge < -0.3 is 10.3 Å². The van der Waals surface area contributed by atoms with E-state index in [-0.39, 0.29) is 0 Å². The van der Waals surface area contributed by atoms with Crippen molar-refractivity contribution in [1.29, 1.82) is 0 Å². The second-order valence-corrected chi connectivity index (χ2v) is 2.37. The van der Waals surface area contributed by atoms with E-state index in [2.05, 4.69) is 10.4 Å². The summed E-state index contributed by atoms with van der Waals surface area (Å²) in [5.41, 5.74) is 7.18. The summed E-state index contributed by atoms with van der Waals surface area (Å²) in [6.45, 7) is 0. The number of hydrogen-bond acceptors (Lipinski definition) is 4. The number of nitrogens with two attached hydrogens (primary N) is 1. The minimum absolute atomic E-state index is 0.591. The number of nitrogens with zero attached hydrogens (tertiary/aromatic N) is 2. The Morgan fingerprint density at radius 1 is 1.25 bits per heavy atom. The molecule has 1 heterocycles. The highest BCUT2D eigenvalue weighted by atomic mass is 16.5. The van der Waals surface area contributed by atoms with E-state index in [1.165, 1.54) is 6.20 Å². The van der Waals surface area contributed by atoms with Crippen molar-refractivity contribution >= 4 is 5.69 Å². The Kier molecular flexibility index (Phi) is 1.51. The molecule has 0 aliphatic heterocycles. The van der Waals surface area contributed by atoms with E-state index in [4.69, 9.17) is 10.3 Å². The monoisotopic (exact) mass is 161 g/mol. The maximum Gasteiger partial charge on any atom is 0.189 e. The zero-order chi connectivity index (χ0) is 8.39. The van der Waals surface area contributed by atoms with Crippen molar-refractivity contribution in [3.05, 3.63) is 30.5 Å². The molecule has 0 saturated carbocycles. The highest BCUT2D eigenvalue weighted by molar-refractivity contribution is 5.71. The molecule has 1 aromatic carbocycles. The van der Waals surface area contributed by atoms with E-state index >= 15 is 0 Å². The SMILES string of the molecule is Nc1ccccc1-c1cnno1. The zero-order valence-corrected chi connectivity index (χ0v) is 6.27. The van der Waals surface area contributed by atoms with Crippen molar-refractivity contribution in [3.8, 4) is 11.3 Å². The summed E-state index contributed by atoms with van der Waals surface area (Å²) in [7, 11) is 0. The quantitative estimate of drug-likeness (QED) is 0.640. The Morgan fingerprint density at radius 2 is 2.08 bits per heavy atom. The predicted molar refractivity (Wildman–Crippen MR) is 44.1 cm³/mol. The summed E-state index contributed by atoms with van der Waals surface area (Å²) >= 11 is 0. The van der Waals surface area contributed by atoms with Gasteiger partial charge in [-0.1, -0.05) is 12.1 Å². The molecule has 0 aliphatic rings. The molecule has 1 aromatic heterocycles. The third kappa shape index (κ3) is 1.03. The van der Waals surface area contributed by atoms with Crippen molar-refractivity contribution in [1.82, 2.24) is 10.4 Å². The van der Waals surface area contributed by atoms with E-state index in [0.29, 0.717) is 11.4 Å². The molecule has 4 heteroatoms. The van der Waals surface area contributed by atoms with Gasteiger partial charge in [-0.15, -0.1) is 5.10 Å². The lowest BCUT2D eigenvalue weighted by molar-refractivity contribution is 0.404. The molecule has 0 atom stereocenters. The third-order valence-corrected chi connectivity index (χ3v) is 1.59. The molecule has 4 nitrogen and oxygen atoms in total. The first-order chi connectivity index (χ1) is 5.88. The van der Waals surface area contributed by atoms with Gasteiger partial charge in [0.1, 0.15) is 0 Å². The normalized spacial score (nSPS) is 10.0. The minimum atomic E-state index is 0.591. The highest BCUT2D eigenvalue weighted by Crippen LogP contribution is 2.23. The molecule has 2 aromatic rings. The Hall–Kier alpha value is -1.84. The van der Waals surface area contributed by atoms with E-state index < -0.39 is 0 Å². The predicted octanol–water partition coefficient (Wildman–Crippen LogP) is 1.32. The molecule has 12 heavy (non-hydrogen) atoms. The number of para-hydroxylation sites is 1.